The van der Waals surface area contributed by atoms with E-state index in [0.29, 0.717) is 11.5 Å². The van der Waals surface area contributed by atoms with Crippen LogP contribution in [0.3, 0.4) is 0 Å². The zero-order valence-corrected chi connectivity index (χ0v) is 17.8. The van der Waals surface area contributed by atoms with Crippen molar-refractivity contribution in [2.45, 2.75) is 77.5 Å². The molecular formula is C21H30ClNO5. The van der Waals surface area contributed by atoms with Crippen molar-refractivity contribution in [1.29, 1.82) is 0 Å². The predicted molar refractivity (Wildman–Crippen MR) is 108 cm³/mol. The molecule has 2 rings (SSSR count). The van der Waals surface area contributed by atoms with Gasteiger partial charge in [0.15, 0.2) is 17.6 Å². The number of nitrogens with one attached hydrogen (secondary N) is 1. The number of amides is 1. The fourth-order valence-electron chi connectivity index (χ4n) is 3.21. The summed E-state index contributed by atoms with van der Waals surface area (Å²) in [4.78, 5) is 24.9. The molecule has 7 heteroatoms. The van der Waals surface area contributed by atoms with Gasteiger partial charge < -0.3 is 19.5 Å². The lowest BCUT2D eigenvalue weighted by Gasteiger charge is -2.20. The number of methoxy groups -OCH3 is 1. The predicted octanol–water partition coefficient (Wildman–Crippen LogP) is 4.52. The molecule has 0 saturated heterocycles. The van der Waals surface area contributed by atoms with Crippen molar-refractivity contribution in [3.63, 3.8) is 0 Å². The number of benzene rings is 1. The van der Waals surface area contributed by atoms with E-state index in [2.05, 4.69) is 5.32 Å². The van der Waals surface area contributed by atoms with Crippen LogP contribution in [0.2, 0.25) is 5.02 Å². The lowest BCUT2D eigenvalue weighted by Crippen LogP contribution is -2.41. The molecule has 0 bridgehead atoms. The van der Waals surface area contributed by atoms with Crippen LogP contribution in [-0.4, -0.2) is 37.2 Å². The molecule has 0 unspecified atom stereocenters. The minimum absolute atomic E-state index is 0.100. The van der Waals surface area contributed by atoms with Gasteiger partial charge in [-0.25, -0.2) is 4.79 Å². The topological polar surface area (TPSA) is 73.9 Å². The van der Waals surface area contributed by atoms with E-state index in [1.807, 2.05) is 13.8 Å². The molecule has 6 nitrogen and oxygen atoms in total. The van der Waals surface area contributed by atoms with Gasteiger partial charge in [-0.05, 0) is 45.7 Å². The van der Waals surface area contributed by atoms with Crippen molar-refractivity contribution in [3.05, 3.63) is 22.7 Å². The highest BCUT2D eigenvalue weighted by Crippen LogP contribution is 2.37. The van der Waals surface area contributed by atoms with Crippen LogP contribution in [-0.2, 0) is 9.53 Å². The smallest absolute Gasteiger partial charge is 0.339 e. The van der Waals surface area contributed by atoms with Crippen molar-refractivity contribution in [2.75, 3.05) is 7.11 Å². The largest absolute Gasteiger partial charge is 0.493 e. The molecule has 0 aliphatic heterocycles. The summed E-state index contributed by atoms with van der Waals surface area (Å²) in [5.74, 6) is -0.212. The maximum atomic E-state index is 12.5. The number of hydrogen-bond donors (Lipinski definition) is 1. The average Bonchev–Trinajstić information content (AvgIpc) is 2.91. The second-order valence-electron chi connectivity index (χ2n) is 7.40. The molecule has 156 valence electrons. The Morgan fingerprint density at radius 3 is 2.32 bits per heavy atom. The number of hydrogen-bond acceptors (Lipinski definition) is 5. The van der Waals surface area contributed by atoms with E-state index in [9.17, 15) is 9.59 Å². The zero-order chi connectivity index (χ0) is 20.7. The lowest BCUT2D eigenvalue weighted by atomic mass is 10.1. The Hall–Kier alpha value is -1.95. The van der Waals surface area contributed by atoms with Gasteiger partial charge in [-0.2, -0.15) is 0 Å². The van der Waals surface area contributed by atoms with Crippen LogP contribution in [0.5, 0.6) is 11.5 Å². The van der Waals surface area contributed by atoms with Crippen molar-refractivity contribution < 1.29 is 23.8 Å². The second-order valence-corrected chi connectivity index (χ2v) is 7.81. The maximum absolute atomic E-state index is 12.5. The molecule has 0 aromatic heterocycles. The summed E-state index contributed by atoms with van der Waals surface area (Å²) >= 11 is 6.25. The number of rotatable bonds is 7. The fourth-order valence-corrected chi connectivity index (χ4v) is 3.47. The van der Waals surface area contributed by atoms with Crippen LogP contribution in [0, 0.1) is 0 Å². The lowest BCUT2D eigenvalue weighted by molar-refractivity contribution is -0.129. The molecular weight excluding hydrogens is 382 g/mol. The van der Waals surface area contributed by atoms with E-state index in [4.69, 9.17) is 25.8 Å². The summed E-state index contributed by atoms with van der Waals surface area (Å²) in [5.41, 5.74) is 0.201. The first-order chi connectivity index (χ1) is 13.3. The Balaban J connectivity index is 2.02. The molecule has 1 aromatic rings. The summed E-state index contributed by atoms with van der Waals surface area (Å²) in [7, 11) is 1.47. The highest BCUT2D eigenvalue weighted by atomic mass is 35.5. The molecule has 1 atom stereocenters. The number of carbonyl (C=O) groups is 2. The number of ether oxygens (including phenoxy) is 3. The van der Waals surface area contributed by atoms with Crippen LogP contribution in [0.1, 0.15) is 69.7 Å². The minimum Gasteiger partial charge on any atom is -0.493 e. The van der Waals surface area contributed by atoms with E-state index in [1.165, 1.54) is 32.1 Å². The molecule has 1 saturated carbocycles. The normalized spacial score (nSPS) is 16.2. The number of carbonyl (C=O) groups excluding carboxylic acids is 2. The van der Waals surface area contributed by atoms with Crippen LogP contribution in [0.15, 0.2) is 12.1 Å². The zero-order valence-electron chi connectivity index (χ0n) is 17.0. The van der Waals surface area contributed by atoms with Gasteiger partial charge in [0.05, 0.1) is 23.8 Å². The first-order valence-electron chi connectivity index (χ1n) is 9.87. The summed E-state index contributed by atoms with van der Waals surface area (Å²) in [6.07, 6.45) is 5.58. The van der Waals surface area contributed by atoms with Gasteiger partial charge in [-0.3, -0.25) is 4.79 Å². The van der Waals surface area contributed by atoms with Gasteiger partial charge >= 0.3 is 5.97 Å². The van der Waals surface area contributed by atoms with Crippen molar-refractivity contribution in [1.82, 2.24) is 5.32 Å². The Morgan fingerprint density at radius 1 is 1.11 bits per heavy atom. The van der Waals surface area contributed by atoms with Gasteiger partial charge in [-0.15, -0.1) is 0 Å². The van der Waals surface area contributed by atoms with Crippen LogP contribution in [0.4, 0.5) is 0 Å². The van der Waals surface area contributed by atoms with Gasteiger partial charge in [-0.1, -0.05) is 37.3 Å². The van der Waals surface area contributed by atoms with Crippen molar-refractivity contribution >= 4 is 23.5 Å². The monoisotopic (exact) mass is 411 g/mol. The van der Waals surface area contributed by atoms with E-state index in [1.54, 1.807) is 6.92 Å². The van der Waals surface area contributed by atoms with Crippen molar-refractivity contribution in [2.24, 2.45) is 0 Å². The molecule has 0 radical (unpaired) electrons. The minimum atomic E-state index is -0.896. The Kier molecular flexibility index (Phi) is 8.42. The summed E-state index contributed by atoms with van der Waals surface area (Å²) < 4.78 is 16.3. The molecule has 1 aliphatic rings. The standard InChI is InChI=1S/C21H30ClNO5/c1-13(2)27-19-17(22)11-15(12-18(19)26-4)21(25)28-14(3)20(24)23-16-9-7-5-6-8-10-16/h11-14,16H,5-10H2,1-4H3,(H,23,24)/t14-/m0/s1. The van der Waals surface area contributed by atoms with Gasteiger partial charge in [0.25, 0.3) is 5.91 Å². The van der Waals surface area contributed by atoms with E-state index in [-0.39, 0.29) is 28.6 Å². The number of esters is 1. The maximum Gasteiger partial charge on any atom is 0.339 e. The Bertz CT molecular complexity index is 684. The van der Waals surface area contributed by atoms with E-state index in [0.717, 1.165) is 25.7 Å². The van der Waals surface area contributed by atoms with Crippen LogP contribution in [0.25, 0.3) is 0 Å². The van der Waals surface area contributed by atoms with E-state index >= 15 is 0 Å². The van der Waals surface area contributed by atoms with E-state index < -0.39 is 12.1 Å². The van der Waals surface area contributed by atoms with Crippen LogP contribution >= 0.6 is 11.6 Å². The first-order valence-corrected chi connectivity index (χ1v) is 10.2. The highest BCUT2D eigenvalue weighted by Gasteiger charge is 2.24. The third kappa shape index (κ3) is 6.30. The number of halogens is 1. The van der Waals surface area contributed by atoms with Gasteiger partial charge in [0, 0.05) is 6.04 Å². The molecule has 0 spiro atoms. The SMILES string of the molecule is COc1cc(C(=O)O[C@@H](C)C(=O)NC2CCCCCC2)cc(Cl)c1OC(C)C. The summed E-state index contributed by atoms with van der Waals surface area (Å²) in [6.45, 7) is 5.30. The highest BCUT2D eigenvalue weighted by molar-refractivity contribution is 6.32. The molecule has 1 aromatic carbocycles. The fraction of sp³-hybridized carbons (Fsp3) is 0.619. The van der Waals surface area contributed by atoms with Gasteiger partial charge in [0.1, 0.15) is 0 Å². The average molecular weight is 412 g/mol. The summed E-state index contributed by atoms with van der Waals surface area (Å²) in [6, 6.07) is 3.11. The third-order valence-electron chi connectivity index (χ3n) is 4.67. The quantitative estimate of drug-likeness (QED) is 0.527. The molecule has 1 N–H and O–H groups in total. The molecule has 0 heterocycles. The second kappa shape index (κ2) is 10.6. The van der Waals surface area contributed by atoms with Gasteiger partial charge in [0.2, 0.25) is 0 Å². The molecule has 1 aliphatic carbocycles. The molecule has 1 fully saturated rings. The third-order valence-corrected chi connectivity index (χ3v) is 4.95. The van der Waals surface area contributed by atoms with Crippen LogP contribution < -0.4 is 14.8 Å². The Morgan fingerprint density at radius 2 is 1.75 bits per heavy atom. The van der Waals surface area contributed by atoms with Crippen molar-refractivity contribution in [3.8, 4) is 11.5 Å². The summed E-state index contributed by atoms with van der Waals surface area (Å²) in [5, 5.41) is 3.24. The first kappa shape index (κ1) is 22.3. The molecule has 1 amide bonds. The molecule has 28 heavy (non-hydrogen) atoms. The Labute approximate surface area is 171 Å².